The minimum atomic E-state index is 0.353. The lowest BCUT2D eigenvalue weighted by Gasteiger charge is -2.41. The van der Waals surface area contributed by atoms with E-state index in [9.17, 15) is 10.0 Å². The van der Waals surface area contributed by atoms with E-state index in [1.54, 1.807) is 0 Å². The van der Waals surface area contributed by atoms with Crippen LogP contribution in [0.2, 0.25) is 0 Å². The molecule has 0 aromatic carbocycles. The van der Waals surface area contributed by atoms with Gasteiger partial charge in [0.15, 0.2) is 0 Å². The fourth-order valence-corrected chi connectivity index (χ4v) is 4.16. The Morgan fingerprint density at radius 1 is 0.947 bits per heavy atom. The van der Waals surface area contributed by atoms with Crippen LogP contribution in [-0.2, 0) is 0 Å². The molecule has 0 aromatic rings. The lowest BCUT2D eigenvalue weighted by Crippen LogP contribution is -2.33. The maximum atomic E-state index is 10.4. The standard InChI is InChI=1S/C16H29NO2/c1-11-7-14(16(10-18)8-12(11)2)5-3-13-4-6-15(13)9-17-19/h11-16,18H,3-10H2,1-2H3. The summed E-state index contributed by atoms with van der Waals surface area (Å²) in [6, 6.07) is 0. The van der Waals surface area contributed by atoms with Crippen LogP contribution in [0, 0.1) is 40.4 Å². The van der Waals surface area contributed by atoms with E-state index in [1.165, 1.54) is 38.5 Å². The lowest BCUT2D eigenvalue weighted by molar-refractivity contribution is 0.0612. The van der Waals surface area contributed by atoms with Gasteiger partial charge in [-0.3, -0.25) is 0 Å². The molecule has 2 saturated carbocycles. The molecule has 0 aliphatic heterocycles. The molecule has 6 atom stereocenters. The van der Waals surface area contributed by atoms with Crippen LogP contribution in [-0.4, -0.2) is 18.3 Å². The highest BCUT2D eigenvalue weighted by molar-refractivity contribution is 4.86. The van der Waals surface area contributed by atoms with Crippen molar-refractivity contribution in [3.05, 3.63) is 4.91 Å². The van der Waals surface area contributed by atoms with E-state index in [4.69, 9.17) is 0 Å². The van der Waals surface area contributed by atoms with Crippen LogP contribution in [0.1, 0.15) is 52.4 Å². The molecule has 0 amide bonds. The first kappa shape index (κ1) is 15.0. The third-order valence-corrected chi connectivity index (χ3v) is 6.01. The first-order chi connectivity index (χ1) is 9.15. The monoisotopic (exact) mass is 267 g/mol. The van der Waals surface area contributed by atoms with E-state index >= 15 is 0 Å². The number of nitroso groups, excluding NO2 is 1. The van der Waals surface area contributed by atoms with Crippen molar-refractivity contribution in [2.75, 3.05) is 13.2 Å². The third-order valence-electron chi connectivity index (χ3n) is 6.01. The summed E-state index contributed by atoms with van der Waals surface area (Å²) in [6.45, 7) is 5.55. The van der Waals surface area contributed by atoms with E-state index in [2.05, 4.69) is 19.0 Å². The third kappa shape index (κ3) is 3.56. The highest BCUT2D eigenvalue weighted by Crippen LogP contribution is 2.43. The second-order valence-electron chi connectivity index (χ2n) is 7.12. The fraction of sp³-hybridized carbons (Fsp3) is 1.00. The van der Waals surface area contributed by atoms with Gasteiger partial charge in [0.1, 0.15) is 0 Å². The normalized spacial score (nSPS) is 42.7. The minimum Gasteiger partial charge on any atom is -0.396 e. The van der Waals surface area contributed by atoms with Gasteiger partial charge < -0.3 is 5.11 Å². The van der Waals surface area contributed by atoms with Gasteiger partial charge in [-0.15, -0.1) is 0 Å². The van der Waals surface area contributed by atoms with E-state index in [0.29, 0.717) is 30.9 Å². The van der Waals surface area contributed by atoms with Crippen molar-refractivity contribution in [2.24, 2.45) is 40.7 Å². The van der Waals surface area contributed by atoms with Gasteiger partial charge in [-0.25, -0.2) is 0 Å². The molecule has 6 unspecified atom stereocenters. The molecule has 0 aromatic heterocycles. The van der Waals surface area contributed by atoms with Gasteiger partial charge >= 0.3 is 0 Å². The Labute approximate surface area is 117 Å². The zero-order valence-electron chi connectivity index (χ0n) is 12.4. The summed E-state index contributed by atoms with van der Waals surface area (Å²) < 4.78 is 0. The summed E-state index contributed by atoms with van der Waals surface area (Å²) in [4.78, 5) is 10.4. The lowest BCUT2D eigenvalue weighted by atomic mass is 9.65. The smallest absolute Gasteiger partial charge is 0.0841 e. The molecule has 3 heteroatoms. The van der Waals surface area contributed by atoms with Crippen molar-refractivity contribution in [3.63, 3.8) is 0 Å². The topological polar surface area (TPSA) is 49.7 Å². The molecule has 0 saturated heterocycles. The van der Waals surface area contributed by atoms with E-state index in [0.717, 1.165) is 17.8 Å². The van der Waals surface area contributed by atoms with E-state index in [-0.39, 0.29) is 0 Å². The summed E-state index contributed by atoms with van der Waals surface area (Å²) in [5, 5.41) is 12.6. The number of rotatable bonds is 6. The zero-order chi connectivity index (χ0) is 13.8. The van der Waals surface area contributed by atoms with Gasteiger partial charge in [-0.1, -0.05) is 19.0 Å². The predicted octanol–water partition coefficient (Wildman–Crippen LogP) is 3.85. The first-order valence-corrected chi connectivity index (χ1v) is 8.05. The van der Waals surface area contributed by atoms with Crippen LogP contribution in [0.4, 0.5) is 0 Å². The molecule has 2 aliphatic rings. The highest BCUT2D eigenvalue weighted by atomic mass is 16.3. The molecular weight excluding hydrogens is 238 g/mol. The zero-order valence-corrected chi connectivity index (χ0v) is 12.4. The Morgan fingerprint density at radius 2 is 1.53 bits per heavy atom. The van der Waals surface area contributed by atoms with E-state index in [1.807, 2.05) is 0 Å². The Bertz CT molecular complexity index is 294. The van der Waals surface area contributed by atoms with Crippen molar-refractivity contribution in [3.8, 4) is 0 Å². The van der Waals surface area contributed by atoms with Gasteiger partial charge in [0.2, 0.25) is 0 Å². The molecule has 0 spiro atoms. The van der Waals surface area contributed by atoms with E-state index < -0.39 is 0 Å². The maximum Gasteiger partial charge on any atom is 0.0841 e. The Hall–Kier alpha value is -0.440. The average molecular weight is 267 g/mol. The van der Waals surface area contributed by atoms with Crippen LogP contribution in [0.25, 0.3) is 0 Å². The Morgan fingerprint density at radius 3 is 2.05 bits per heavy atom. The number of nitrogens with zero attached hydrogens (tertiary/aromatic N) is 1. The van der Waals surface area contributed by atoms with Gasteiger partial charge in [0.05, 0.1) is 6.54 Å². The fourth-order valence-electron chi connectivity index (χ4n) is 4.16. The minimum absolute atomic E-state index is 0.353. The summed E-state index contributed by atoms with van der Waals surface area (Å²) in [6.07, 6.45) is 7.41. The largest absolute Gasteiger partial charge is 0.396 e. The van der Waals surface area contributed by atoms with Gasteiger partial charge in [-0.2, -0.15) is 4.91 Å². The van der Waals surface area contributed by atoms with Crippen molar-refractivity contribution >= 4 is 0 Å². The second-order valence-corrected chi connectivity index (χ2v) is 7.12. The SMILES string of the molecule is CC1CC(CO)C(CCC2CCC2CN=O)CC1C. The summed E-state index contributed by atoms with van der Waals surface area (Å²) in [5.74, 6) is 4.04. The molecular formula is C16H29NO2. The van der Waals surface area contributed by atoms with Crippen molar-refractivity contribution in [1.29, 1.82) is 0 Å². The number of hydrogen-bond acceptors (Lipinski definition) is 3. The average Bonchev–Trinajstić information content (AvgIpc) is 2.38. The molecule has 0 bridgehead atoms. The summed E-state index contributed by atoms with van der Waals surface area (Å²) in [7, 11) is 0. The highest BCUT2D eigenvalue weighted by Gasteiger charge is 2.35. The summed E-state index contributed by atoms with van der Waals surface area (Å²) >= 11 is 0. The van der Waals surface area contributed by atoms with Crippen LogP contribution < -0.4 is 0 Å². The molecule has 110 valence electrons. The van der Waals surface area contributed by atoms with Crippen LogP contribution in [0.3, 0.4) is 0 Å². The molecule has 19 heavy (non-hydrogen) atoms. The van der Waals surface area contributed by atoms with Crippen LogP contribution >= 0.6 is 0 Å². The van der Waals surface area contributed by atoms with Gasteiger partial charge in [-0.05, 0) is 74.0 Å². The van der Waals surface area contributed by atoms with Crippen LogP contribution in [0.15, 0.2) is 5.18 Å². The van der Waals surface area contributed by atoms with Crippen LogP contribution in [0.5, 0.6) is 0 Å². The molecule has 0 radical (unpaired) electrons. The second kappa shape index (κ2) is 6.83. The first-order valence-electron chi connectivity index (χ1n) is 8.05. The van der Waals surface area contributed by atoms with Crippen molar-refractivity contribution < 1.29 is 5.11 Å². The molecule has 2 rings (SSSR count). The Kier molecular flexibility index (Phi) is 5.37. The Balaban J connectivity index is 1.79. The van der Waals surface area contributed by atoms with Gasteiger partial charge in [0.25, 0.3) is 0 Å². The molecule has 3 nitrogen and oxygen atoms in total. The molecule has 0 heterocycles. The maximum absolute atomic E-state index is 10.4. The number of aliphatic hydroxyl groups is 1. The predicted molar refractivity (Wildman–Crippen MR) is 77.7 cm³/mol. The number of aliphatic hydroxyl groups excluding tert-OH is 1. The van der Waals surface area contributed by atoms with Crippen molar-refractivity contribution in [1.82, 2.24) is 0 Å². The quantitative estimate of drug-likeness (QED) is 0.743. The van der Waals surface area contributed by atoms with Gasteiger partial charge in [0, 0.05) is 6.61 Å². The number of hydrogen-bond donors (Lipinski definition) is 1. The summed E-state index contributed by atoms with van der Waals surface area (Å²) in [5.41, 5.74) is 0. The molecule has 2 fully saturated rings. The molecule has 2 aliphatic carbocycles. The van der Waals surface area contributed by atoms with Crippen molar-refractivity contribution in [2.45, 2.75) is 52.4 Å². The molecule has 1 N–H and O–H groups in total.